The van der Waals surface area contributed by atoms with Crippen molar-refractivity contribution in [3.05, 3.63) is 65.7 Å². The van der Waals surface area contributed by atoms with Crippen LogP contribution in [0.25, 0.3) is 0 Å². The highest BCUT2D eigenvalue weighted by Crippen LogP contribution is 2.41. The van der Waals surface area contributed by atoms with Gasteiger partial charge in [0, 0.05) is 18.4 Å². The molecule has 1 unspecified atom stereocenters. The van der Waals surface area contributed by atoms with Crippen LogP contribution in [0.3, 0.4) is 0 Å². The van der Waals surface area contributed by atoms with Gasteiger partial charge in [-0.05, 0) is 36.4 Å². The number of nitrogens with zero attached hydrogens (tertiary/aromatic N) is 1. The third kappa shape index (κ3) is 2.57. The third-order valence-electron chi connectivity index (χ3n) is 6.55. The molecular weight excluding hydrogens is 378 g/mol. The predicted octanol–water partition coefficient (Wildman–Crippen LogP) is 1.38. The second-order valence-electron chi connectivity index (χ2n) is 7.94. The van der Waals surface area contributed by atoms with Gasteiger partial charge >= 0.3 is 0 Å². The average molecular weight is 397 g/mol. The van der Waals surface area contributed by atoms with Gasteiger partial charge in [0.15, 0.2) is 6.04 Å². The molecular formula is C22H19F2N2O3+. The van der Waals surface area contributed by atoms with Crippen molar-refractivity contribution in [1.29, 1.82) is 0 Å². The van der Waals surface area contributed by atoms with E-state index in [0.29, 0.717) is 12.1 Å². The van der Waals surface area contributed by atoms with E-state index in [0.717, 1.165) is 22.6 Å². The molecule has 0 aromatic heterocycles. The van der Waals surface area contributed by atoms with Gasteiger partial charge in [-0.1, -0.05) is 12.1 Å². The highest BCUT2D eigenvalue weighted by molar-refractivity contribution is 6.24. The molecule has 2 aromatic carbocycles. The molecule has 29 heavy (non-hydrogen) atoms. The van der Waals surface area contributed by atoms with Crippen LogP contribution >= 0.6 is 0 Å². The summed E-state index contributed by atoms with van der Waals surface area (Å²) in [7, 11) is 0. The van der Waals surface area contributed by atoms with Gasteiger partial charge in [-0.2, -0.15) is 0 Å². The molecule has 2 aromatic rings. The van der Waals surface area contributed by atoms with Gasteiger partial charge in [0.2, 0.25) is 17.6 Å². The maximum absolute atomic E-state index is 14.3. The lowest BCUT2D eigenvalue weighted by Crippen LogP contribution is -3.16. The molecule has 7 heteroatoms. The Kier molecular flexibility index (Phi) is 4.10. The van der Waals surface area contributed by atoms with E-state index in [9.17, 15) is 23.2 Å². The third-order valence-corrected chi connectivity index (χ3v) is 6.55. The number of halogens is 2. The van der Waals surface area contributed by atoms with Gasteiger partial charge < -0.3 is 4.90 Å². The molecule has 2 amide bonds. The number of quaternary nitrogens is 1. The molecule has 0 radical (unpaired) electrons. The summed E-state index contributed by atoms with van der Waals surface area (Å²) in [6, 6.07) is 10.1. The number of hydrogen-bond donors (Lipinski definition) is 1. The van der Waals surface area contributed by atoms with Crippen LogP contribution in [0.2, 0.25) is 0 Å². The van der Waals surface area contributed by atoms with Gasteiger partial charge in [0.05, 0.1) is 12.2 Å². The molecule has 3 heterocycles. The lowest BCUT2D eigenvalue weighted by Gasteiger charge is -2.25. The summed E-state index contributed by atoms with van der Waals surface area (Å²) < 4.78 is 27.6. The first-order valence-electron chi connectivity index (χ1n) is 9.77. The molecule has 148 valence electrons. The first-order valence-corrected chi connectivity index (χ1v) is 9.77. The lowest BCUT2D eigenvalue weighted by molar-refractivity contribution is -0.915. The summed E-state index contributed by atoms with van der Waals surface area (Å²) in [4.78, 5) is 41.7. The van der Waals surface area contributed by atoms with E-state index in [1.165, 1.54) is 42.5 Å². The van der Waals surface area contributed by atoms with Crippen molar-refractivity contribution >= 4 is 23.3 Å². The molecule has 5 rings (SSSR count). The molecule has 5 atom stereocenters. The van der Waals surface area contributed by atoms with Gasteiger partial charge in [-0.3, -0.25) is 14.4 Å². The van der Waals surface area contributed by atoms with Gasteiger partial charge in [-0.25, -0.2) is 13.7 Å². The number of ketones is 1. The monoisotopic (exact) mass is 397 g/mol. The molecule has 3 saturated heterocycles. The zero-order valence-electron chi connectivity index (χ0n) is 15.5. The Bertz CT molecular complexity index is 1020. The van der Waals surface area contributed by atoms with Crippen LogP contribution in [-0.4, -0.2) is 36.2 Å². The molecule has 0 aliphatic carbocycles. The quantitative estimate of drug-likeness (QED) is 0.629. The summed E-state index contributed by atoms with van der Waals surface area (Å²) in [6.45, 7) is 0.704. The second kappa shape index (κ2) is 6.56. The van der Waals surface area contributed by atoms with Crippen molar-refractivity contribution in [2.45, 2.75) is 24.9 Å². The Balaban J connectivity index is 1.56. The van der Waals surface area contributed by atoms with E-state index < -0.39 is 41.3 Å². The van der Waals surface area contributed by atoms with Gasteiger partial charge in [0.1, 0.15) is 29.5 Å². The number of hydrogen-bond acceptors (Lipinski definition) is 3. The first kappa shape index (κ1) is 18.1. The molecule has 0 bridgehead atoms. The molecule has 0 spiro atoms. The summed E-state index contributed by atoms with van der Waals surface area (Å²) in [5.41, 5.74) is 0.254. The van der Waals surface area contributed by atoms with Crippen LogP contribution in [0.4, 0.5) is 14.5 Å². The molecule has 3 aliphatic heterocycles. The number of fused-ring (bicyclic) bond motifs is 3. The zero-order valence-corrected chi connectivity index (χ0v) is 15.5. The number of para-hydroxylation sites is 1. The number of carbonyl (C=O) groups excluding carboxylic acids is 3. The van der Waals surface area contributed by atoms with E-state index >= 15 is 0 Å². The lowest BCUT2D eigenvalue weighted by atomic mass is 9.85. The fourth-order valence-electron chi connectivity index (χ4n) is 5.41. The normalized spacial score (nSPS) is 30.6. The fourth-order valence-corrected chi connectivity index (χ4v) is 5.41. The highest BCUT2D eigenvalue weighted by Gasteiger charge is 2.68. The minimum absolute atomic E-state index is 0.0653. The molecule has 5 nitrogen and oxygen atoms in total. The molecule has 3 fully saturated rings. The van der Waals surface area contributed by atoms with Crippen LogP contribution in [0, 0.1) is 23.5 Å². The van der Waals surface area contributed by atoms with E-state index in [4.69, 9.17) is 0 Å². The van der Waals surface area contributed by atoms with Crippen LogP contribution in [0.5, 0.6) is 0 Å². The molecule has 0 saturated carbocycles. The standard InChI is InChI=1S/C22H18F2N2O3/c23-13-9-7-12(8-10-13)20(27)19-18-17(16-6-3-11-25(16)19)21(28)26(22(18)29)15-5-2-1-4-14(15)24/h1-2,4-5,7-10,16-19H,3,6,11H2/p+1/t16-,17+,18+,19-/m0/s1. The van der Waals surface area contributed by atoms with Crippen molar-refractivity contribution < 1.29 is 28.1 Å². The summed E-state index contributed by atoms with van der Waals surface area (Å²) in [5.74, 6) is -3.76. The number of rotatable bonds is 3. The van der Waals surface area contributed by atoms with Crippen LogP contribution < -0.4 is 9.80 Å². The predicted molar refractivity (Wildman–Crippen MR) is 99.2 cm³/mol. The number of Topliss-reactive ketones (excluding diaryl/α,β-unsaturated/α-hetero) is 1. The van der Waals surface area contributed by atoms with E-state index in [1.54, 1.807) is 6.07 Å². The molecule has 3 aliphatic rings. The SMILES string of the molecule is O=C(c1ccc(F)cc1)[C@@H]1[C@@H]2C(=O)N(c3ccccc3F)C(=O)[C@@H]2[C@@H]2CCC[NH+]12. The van der Waals surface area contributed by atoms with Crippen molar-refractivity contribution in [3.8, 4) is 0 Å². The number of benzene rings is 2. The summed E-state index contributed by atoms with van der Waals surface area (Å²) >= 11 is 0. The average Bonchev–Trinajstić information content (AvgIpc) is 3.35. The maximum atomic E-state index is 14.3. The van der Waals surface area contributed by atoms with Crippen LogP contribution in [-0.2, 0) is 9.59 Å². The molecule has 1 N–H and O–H groups in total. The van der Waals surface area contributed by atoms with Crippen LogP contribution in [0.1, 0.15) is 23.2 Å². The Hall–Kier alpha value is -2.93. The number of carbonyl (C=O) groups is 3. The van der Waals surface area contributed by atoms with Crippen LogP contribution in [0.15, 0.2) is 48.5 Å². The minimum Gasteiger partial charge on any atom is -0.322 e. The van der Waals surface area contributed by atoms with Crippen molar-refractivity contribution in [3.63, 3.8) is 0 Å². The number of amides is 2. The largest absolute Gasteiger partial charge is 0.322 e. The minimum atomic E-state index is -0.819. The van der Waals surface area contributed by atoms with Gasteiger partial charge in [-0.15, -0.1) is 0 Å². The number of nitrogens with one attached hydrogen (secondary N) is 1. The van der Waals surface area contributed by atoms with E-state index in [-0.39, 0.29) is 17.5 Å². The van der Waals surface area contributed by atoms with E-state index in [1.807, 2.05) is 0 Å². The van der Waals surface area contributed by atoms with Crippen molar-refractivity contribution in [1.82, 2.24) is 0 Å². The Morgan fingerprint density at radius 3 is 2.38 bits per heavy atom. The number of anilines is 1. The Morgan fingerprint density at radius 2 is 1.66 bits per heavy atom. The van der Waals surface area contributed by atoms with Gasteiger partial charge in [0.25, 0.3) is 0 Å². The highest BCUT2D eigenvalue weighted by atomic mass is 19.1. The Morgan fingerprint density at radius 1 is 0.966 bits per heavy atom. The summed E-state index contributed by atoms with van der Waals surface area (Å²) in [6.07, 6.45) is 1.60. The summed E-state index contributed by atoms with van der Waals surface area (Å²) in [5, 5.41) is 0. The topological polar surface area (TPSA) is 58.9 Å². The van der Waals surface area contributed by atoms with E-state index in [2.05, 4.69) is 0 Å². The first-order chi connectivity index (χ1) is 14.0. The number of imide groups is 1. The van der Waals surface area contributed by atoms with Crippen molar-refractivity contribution in [2.75, 3.05) is 11.4 Å². The smallest absolute Gasteiger partial charge is 0.244 e. The fraction of sp³-hybridized carbons (Fsp3) is 0.318. The zero-order chi connectivity index (χ0) is 20.3. The van der Waals surface area contributed by atoms with Crippen molar-refractivity contribution in [2.24, 2.45) is 11.8 Å². The Labute approximate surface area is 165 Å². The second-order valence-corrected chi connectivity index (χ2v) is 7.94. The maximum Gasteiger partial charge on any atom is 0.244 e.